The Morgan fingerprint density at radius 2 is 2.15 bits per heavy atom. The predicted molar refractivity (Wildman–Crippen MR) is 51.9 cm³/mol. The summed E-state index contributed by atoms with van der Waals surface area (Å²) in [6.07, 6.45) is 2.18. The first-order chi connectivity index (χ1) is 6.04. The molecule has 0 aromatic carbocycles. The van der Waals surface area contributed by atoms with E-state index in [0.29, 0.717) is 25.7 Å². The fourth-order valence-electron chi connectivity index (χ4n) is 1.25. The summed E-state index contributed by atoms with van der Waals surface area (Å²) in [4.78, 5) is 0. The zero-order valence-electron chi connectivity index (χ0n) is 7.86. The van der Waals surface area contributed by atoms with Crippen molar-refractivity contribution in [3.8, 4) is 0 Å². The molecule has 0 spiro atoms. The molecule has 0 unspecified atom stereocenters. The highest BCUT2D eigenvalue weighted by atomic mass is 32.2. The maximum absolute atomic E-state index is 11.0. The van der Waals surface area contributed by atoms with Gasteiger partial charge in [0.25, 0.3) is 0 Å². The molecular weight excluding hydrogens is 190 g/mol. The van der Waals surface area contributed by atoms with Gasteiger partial charge in [-0.3, -0.25) is 0 Å². The molecular formula is C7H17N3O2S. The van der Waals surface area contributed by atoms with Crippen molar-refractivity contribution in [2.75, 3.05) is 32.4 Å². The lowest BCUT2D eigenvalue weighted by Crippen LogP contribution is -2.59. The monoisotopic (exact) mass is 207 g/mol. The third-order valence-corrected chi connectivity index (χ3v) is 3.37. The van der Waals surface area contributed by atoms with E-state index >= 15 is 0 Å². The minimum absolute atomic E-state index is 0.321. The maximum Gasteiger partial charge on any atom is 0.211 e. The second-order valence-electron chi connectivity index (χ2n) is 3.37. The van der Waals surface area contributed by atoms with Gasteiger partial charge in [0.15, 0.2) is 0 Å². The summed E-state index contributed by atoms with van der Waals surface area (Å²) in [6.45, 7) is 2.75. The molecule has 0 saturated carbocycles. The van der Waals surface area contributed by atoms with Crippen LogP contribution < -0.4 is 11.1 Å². The van der Waals surface area contributed by atoms with Gasteiger partial charge in [0.1, 0.15) is 0 Å². The first-order valence-corrected chi connectivity index (χ1v) is 6.27. The van der Waals surface area contributed by atoms with Crippen LogP contribution in [0, 0.1) is 0 Å². The van der Waals surface area contributed by atoms with Crippen molar-refractivity contribution in [3.05, 3.63) is 0 Å². The quantitative estimate of drug-likeness (QED) is 0.542. The standard InChI is InChI=1S/C7H17N3O2S/c1-13(11,12)10-5-7(6-10)9-4-2-3-8/h7,9H,2-6,8H2,1H3. The molecule has 0 radical (unpaired) electrons. The Labute approximate surface area is 79.3 Å². The van der Waals surface area contributed by atoms with Crippen molar-refractivity contribution < 1.29 is 8.42 Å². The molecule has 3 N–H and O–H groups in total. The Morgan fingerprint density at radius 3 is 2.62 bits per heavy atom. The van der Waals surface area contributed by atoms with Gasteiger partial charge in [0.2, 0.25) is 10.0 Å². The molecule has 0 aliphatic carbocycles. The summed E-state index contributed by atoms with van der Waals surface area (Å²) >= 11 is 0. The smallest absolute Gasteiger partial charge is 0.211 e. The zero-order chi connectivity index (χ0) is 9.90. The molecule has 0 aromatic heterocycles. The molecule has 0 amide bonds. The molecule has 0 bridgehead atoms. The van der Waals surface area contributed by atoms with Gasteiger partial charge in [-0.05, 0) is 19.5 Å². The van der Waals surface area contributed by atoms with E-state index in [0.717, 1.165) is 13.0 Å². The average Bonchev–Trinajstić information content (AvgIpc) is 1.91. The van der Waals surface area contributed by atoms with Crippen LogP contribution in [0.4, 0.5) is 0 Å². The number of nitrogens with zero attached hydrogens (tertiary/aromatic N) is 1. The van der Waals surface area contributed by atoms with Gasteiger partial charge in [-0.15, -0.1) is 0 Å². The lowest BCUT2D eigenvalue weighted by molar-refractivity contribution is 0.228. The molecule has 1 fully saturated rings. The van der Waals surface area contributed by atoms with Crippen LogP contribution in [0.1, 0.15) is 6.42 Å². The van der Waals surface area contributed by atoms with E-state index in [4.69, 9.17) is 5.73 Å². The number of sulfonamides is 1. The van der Waals surface area contributed by atoms with Gasteiger partial charge in [-0.1, -0.05) is 0 Å². The fraction of sp³-hybridized carbons (Fsp3) is 1.00. The van der Waals surface area contributed by atoms with Crippen molar-refractivity contribution in [2.45, 2.75) is 12.5 Å². The van der Waals surface area contributed by atoms with Crippen LogP contribution in [-0.2, 0) is 10.0 Å². The van der Waals surface area contributed by atoms with Crippen LogP contribution in [0.25, 0.3) is 0 Å². The molecule has 0 aromatic rings. The molecule has 5 nitrogen and oxygen atoms in total. The first kappa shape index (κ1) is 10.9. The minimum atomic E-state index is -2.96. The van der Waals surface area contributed by atoms with Gasteiger partial charge in [0.05, 0.1) is 6.26 Å². The summed E-state index contributed by atoms with van der Waals surface area (Å²) in [5.74, 6) is 0. The molecule has 13 heavy (non-hydrogen) atoms. The van der Waals surface area contributed by atoms with Gasteiger partial charge in [0, 0.05) is 19.1 Å². The van der Waals surface area contributed by atoms with E-state index in [1.165, 1.54) is 10.6 Å². The van der Waals surface area contributed by atoms with Gasteiger partial charge >= 0.3 is 0 Å². The average molecular weight is 207 g/mol. The van der Waals surface area contributed by atoms with E-state index in [-0.39, 0.29) is 0 Å². The van der Waals surface area contributed by atoms with E-state index in [1.807, 2.05) is 0 Å². The second kappa shape index (κ2) is 4.36. The third kappa shape index (κ3) is 3.22. The Bertz CT molecular complexity index is 246. The third-order valence-electron chi connectivity index (χ3n) is 2.13. The largest absolute Gasteiger partial charge is 0.330 e. The SMILES string of the molecule is CS(=O)(=O)N1CC(NCCCN)C1. The summed E-state index contributed by atoms with van der Waals surface area (Å²) in [5, 5.41) is 3.24. The molecule has 1 aliphatic heterocycles. The van der Waals surface area contributed by atoms with E-state index in [1.54, 1.807) is 0 Å². The van der Waals surface area contributed by atoms with Crippen LogP contribution in [0.15, 0.2) is 0 Å². The molecule has 1 saturated heterocycles. The summed E-state index contributed by atoms with van der Waals surface area (Å²) in [5.41, 5.74) is 5.32. The van der Waals surface area contributed by atoms with Crippen LogP contribution >= 0.6 is 0 Å². The summed E-state index contributed by atoms with van der Waals surface area (Å²) in [7, 11) is -2.96. The topological polar surface area (TPSA) is 75.4 Å². The minimum Gasteiger partial charge on any atom is -0.330 e. The van der Waals surface area contributed by atoms with E-state index in [9.17, 15) is 8.42 Å². The number of rotatable bonds is 5. The fourth-order valence-corrected chi connectivity index (χ4v) is 2.15. The maximum atomic E-state index is 11.0. The van der Waals surface area contributed by atoms with Crippen LogP contribution in [-0.4, -0.2) is 51.2 Å². The number of nitrogens with two attached hydrogens (primary N) is 1. The Hall–Kier alpha value is -0.170. The highest BCUT2D eigenvalue weighted by Gasteiger charge is 2.32. The lowest BCUT2D eigenvalue weighted by atomic mass is 10.2. The van der Waals surface area contributed by atoms with Crippen molar-refractivity contribution >= 4 is 10.0 Å². The van der Waals surface area contributed by atoms with Gasteiger partial charge in [-0.25, -0.2) is 8.42 Å². The number of nitrogens with one attached hydrogen (secondary N) is 1. The molecule has 6 heteroatoms. The zero-order valence-corrected chi connectivity index (χ0v) is 8.68. The van der Waals surface area contributed by atoms with Gasteiger partial charge < -0.3 is 11.1 Å². The molecule has 1 aliphatic rings. The van der Waals surface area contributed by atoms with Crippen molar-refractivity contribution in [2.24, 2.45) is 5.73 Å². The lowest BCUT2D eigenvalue weighted by Gasteiger charge is -2.37. The van der Waals surface area contributed by atoms with Crippen LogP contribution in [0.5, 0.6) is 0 Å². The number of hydrogen-bond donors (Lipinski definition) is 2. The molecule has 0 atom stereocenters. The van der Waals surface area contributed by atoms with Crippen LogP contribution in [0.3, 0.4) is 0 Å². The summed E-state index contributed by atoms with van der Waals surface area (Å²) in [6, 6.07) is 0.321. The van der Waals surface area contributed by atoms with Crippen LogP contribution in [0.2, 0.25) is 0 Å². The normalized spacial score (nSPS) is 20.2. The second-order valence-corrected chi connectivity index (χ2v) is 5.36. The van der Waals surface area contributed by atoms with Crippen molar-refractivity contribution in [1.82, 2.24) is 9.62 Å². The Balaban J connectivity index is 2.12. The molecule has 1 rings (SSSR count). The highest BCUT2D eigenvalue weighted by molar-refractivity contribution is 7.88. The Morgan fingerprint density at radius 1 is 1.54 bits per heavy atom. The van der Waals surface area contributed by atoms with Crippen molar-refractivity contribution in [3.63, 3.8) is 0 Å². The van der Waals surface area contributed by atoms with E-state index in [2.05, 4.69) is 5.32 Å². The van der Waals surface area contributed by atoms with E-state index < -0.39 is 10.0 Å². The summed E-state index contributed by atoms with van der Waals surface area (Å²) < 4.78 is 23.4. The van der Waals surface area contributed by atoms with Gasteiger partial charge in [-0.2, -0.15) is 4.31 Å². The molecule has 1 heterocycles. The highest BCUT2D eigenvalue weighted by Crippen LogP contribution is 2.11. The predicted octanol–water partition coefficient (Wildman–Crippen LogP) is -1.43. The van der Waals surface area contributed by atoms with Crippen molar-refractivity contribution in [1.29, 1.82) is 0 Å². The number of hydrogen-bond acceptors (Lipinski definition) is 4. The Kier molecular flexibility index (Phi) is 3.66. The molecule has 78 valence electrons. The first-order valence-electron chi connectivity index (χ1n) is 4.42.